The number of aliphatic hydroxyl groups is 1. The fraction of sp³-hybridized carbons (Fsp3) is 0.667. The van der Waals surface area contributed by atoms with Crippen LogP contribution in [0.25, 0.3) is 0 Å². The second-order valence-corrected chi connectivity index (χ2v) is 5.55. The van der Waals surface area contributed by atoms with Crippen molar-refractivity contribution in [2.75, 3.05) is 45.2 Å². The summed E-state index contributed by atoms with van der Waals surface area (Å²) in [5, 5.41) is 16.0. The van der Waals surface area contributed by atoms with Crippen molar-refractivity contribution in [3.8, 4) is 0 Å². The number of morpholine rings is 1. The van der Waals surface area contributed by atoms with Gasteiger partial charge in [0, 0.05) is 19.6 Å². The molecule has 1 aliphatic heterocycles. The molecule has 0 radical (unpaired) electrons. The van der Waals surface area contributed by atoms with Gasteiger partial charge in [0.2, 0.25) is 0 Å². The summed E-state index contributed by atoms with van der Waals surface area (Å²) >= 11 is 3.27. The van der Waals surface area contributed by atoms with Gasteiger partial charge in [-0.3, -0.25) is 4.79 Å². The van der Waals surface area contributed by atoms with Crippen LogP contribution >= 0.6 is 15.9 Å². The Morgan fingerprint density at radius 1 is 1.65 bits per heavy atom. The smallest absolute Gasteiger partial charge is 0.283 e. The van der Waals surface area contributed by atoms with E-state index in [2.05, 4.69) is 38.3 Å². The van der Waals surface area contributed by atoms with Crippen molar-refractivity contribution in [2.45, 2.75) is 12.6 Å². The van der Waals surface area contributed by atoms with Crippen molar-refractivity contribution in [1.82, 2.24) is 14.7 Å². The van der Waals surface area contributed by atoms with Crippen LogP contribution in [-0.4, -0.2) is 65.8 Å². The number of likely N-dealkylation sites (N-methyl/N-ethyl adjacent to an activating group) is 1. The number of nitrogens with one attached hydrogen (secondary N) is 1. The molecule has 2 N–H and O–H groups in total. The summed E-state index contributed by atoms with van der Waals surface area (Å²) in [6.45, 7) is 3.22. The van der Waals surface area contributed by atoms with Gasteiger partial charge in [-0.25, -0.2) is 4.68 Å². The molecule has 1 unspecified atom stereocenters. The monoisotopic (exact) mass is 346 g/mol. The van der Waals surface area contributed by atoms with Crippen LogP contribution < -0.4 is 10.9 Å². The minimum absolute atomic E-state index is 0.0977. The molecule has 0 amide bonds. The summed E-state index contributed by atoms with van der Waals surface area (Å²) in [7, 11) is 2.06. The molecule has 112 valence electrons. The zero-order chi connectivity index (χ0) is 14.5. The predicted octanol–water partition coefficient (Wildman–Crippen LogP) is -0.259. The van der Waals surface area contributed by atoms with E-state index in [9.17, 15) is 4.79 Å². The zero-order valence-corrected chi connectivity index (χ0v) is 13.0. The van der Waals surface area contributed by atoms with Gasteiger partial charge >= 0.3 is 0 Å². The average Bonchev–Trinajstić information content (AvgIpc) is 2.43. The van der Waals surface area contributed by atoms with E-state index in [1.807, 2.05) is 0 Å². The van der Waals surface area contributed by atoms with E-state index in [0.29, 0.717) is 16.7 Å². The number of hydrogen-bond donors (Lipinski definition) is 2. The van der Waals surface area contributed by atoms with E-state index in [1.54, 1.807) is 6.20 Å². The molecule has 0 bridgehead atoms. The number of aliphatic hydroxyl groups excluding tert-OH is 1. The molecule has 1 aromatic rings. The molecule has 0 saturated carbocycles. The molecule has 7 nitrogen and oxygen atoms in total. The fourth-order valence-corrected chi connectivity index (χ4v) is 2.50. The van der Waals surface area contributed by atoms with Gasteiger partial charge in [-0.05, 0) is 23.0 Å². The van der Waals surface area contributed by atoms with Gasteiger partial charge in [0.1, 0.15) is 4.47 Å². The summed E-state index contributed by atoms with van der Waals surface area (Å²) in [6.07, 6.45) is 1.67. The van der Waals surface area contributed by atoms with Crippen LogP contribution in [0.3, 0.4) is 0 Å². The van der Waals surface area contributed by atoms with E-state index in [1.165, 1.54) is 4.68 Å². The average molecular weight is 347 g/mol. The number of ether oxygens (including phenoxy) is 1. The molecule has 1 fully saturated rings. The van der Waals surface area contributed by atoms with Crippen LogP contribution in [0.1, 0.15) is 0 Å². The predicted molar refractivity (Wildman–Crippen MR) is 79.0 cm³/mol. The van der Waals surface area contributed by atoms with Crippen LogP contribution in [0.2, 0.25) is 0 Å². The Hall–Kier alpha value is -0.960. The molecular formula is C12H19BrN4O3. The third-order valence-corrected chi connectivity index (χ3v) is 3.93. The Balaban J connectivity index is 1.99. The summed E-state index contributed by atoms with van der Waals surface area (Å²) < 4.78 is 7.29. The molecule has 0 aliphatic carbocycles. The second kappa shape index (κ2) is 7.16. The van der Waals surface area contributed by atoms with Gasteiger partial charge in [0.25, 0.3) is 5.56 Å². The lowest BCUT2D eigenvalue weighted by Gasteiger charge is -2.30. The summed E-state index contributed by atoms with van der Waals surface area (Å²) in [5.74, 6) is 0. The van der Waals surface area contributed by atoms with E-state index < -0.39 is 0 Å². The van der Waals surface area contributed by atoms with Gasteiger partial charge in [-0.2, -0.15) is 5.10 Å². The molecular weight excluding hydrogens is 328 g/mol. The minimum Gasteiger partial charge on any atom is -0.394 e. The molecule has 2 heterocycles. The van der Waals surface area contributed by atoms with E-state index in [4.69, 9.17) is 9.84 Å². The zero-order valence-electron chi connectivity index (χ0n) is 11.4. The van der Waals surface area contributed by atoms with Crippen molar-refractivity contribution < 1.29 is 9.84 Å². The maximum Gasteiger partial charge on any atom is 0.283 e. The maximum atomic E-state index is 11.9. The molecule has 20 heavy (non-hydrogen) atoms. The van der Waals surface area contributed by atoms with Crippen LogP contribution in [0.15, 0.2) is 15.5 Å². The highest BCUT2D eigenvalue weighted by Gasteiger charge is 2.18. The molecule has 1 atom stereocenters. The lowest BCUT2D eigenvalue weighted by atomic mass is 10.3. The highest BCUT2D eigenvalue weighted by molar-refractivity contribution is 9.10. The summed E-state index contributed by atoms with van der Waals surface area (Å²) in [5.41, 5.74) is 0.381. The quantitative estimate of drug-likeness (QED) is 0.764. The van der Waals surface area contributed by atoms with Crippen LogP contribution in [0.4, 0.5) is 5.69 Å². The number of anilines is 1. The molecule has 2 rings (SSSR count). The Morgan fingerprint density at radius 2 is 2.45 bits per heavy atom. The molecule has 1 aromatic heterocycles. The SMILES string of the molecule is CN1CCOC(CNc2cnn(CCO)c(=O)c2Br)C1. The first-order valence-corrected chi connectivity index (χ1v) is 7.31. The standard InChI is InChI=1S/C12H19BrN4O3/c1-16-3-5-20-9(8-16)6-14-10-7-15-17(2-4-18)12(19)11(10)13/h7,9,14,18H,2-6,8H2,1H3. The molecule has 1 saturated heterocycles. The number of hydrogen-bond acceptors (Lipinski definition) is 6. The van der Waals surface area contributed by atoms with E-state index in [-0.39, 0.29) is 24.8 Å². The van der Waals surface area contributed by atoms with Crippen LogP contribution in [0, 0.1) is 0 Å². The molecule has 8 heteroatoms. The van der Waals surface area contributed by atoms with E-state index in [0.717, 1.165) is 19.7 Å². The lowest BCUT2D eigenvalue weighted by Crippen LogP contribution is -2.43. The molecule has 0 spiro atoms. The Morgan fingerprint density at radius 3 is 3.15 bits per heavy atom. The Labute approximate surface area is 125 Å². The molecule has 0 aromatic carbocycles. The van der Waals surface area contributed by atoms with E-state index >= 15 is 0 Å². The lowest BCUT2D eigenvalue weighted by molar-refractivity contribution is -0.0117. The number of aromatic nitrogens is 2. The number of nitrogens with zero attached hydrogens (tertiary/aromatic N) is 3. The Bertz CT molecular complexity index is 508. The molecule has 1 aliphatic rings. The Kier molecular flexibility index (Phi) is 5.53. The van der Waals surface area contributed by atoms with Crippen molar-refractivity contribution in [2.24, 2.45) is 0 Å². The third-order valence-electron chi connectivity index (χ3n) is 3.16. The third kappa shape index (κ3) is 3.78. The maximum absolute atomic E-state index is 11.9. The van der Waals surface area contributed by atoms with Gasteiger partial charge < -0.3 is 20.1 Å². The number of rotatable bonds is 5. The van der Waals surface area contributed by atoms with Gasteiger partial charge in [-0.15, -0.1) is 0 Å². The first-order chi connectivity index (χ1) is 9.61. The number of halogens is 1. The van der Waals surface area contributed by atoms with Crippen LogP contribution in [0.5, 0.6) is 0 Å². The van der Waals surface area contributed by atoms with Crippen molar-refractivity contribution in [1.29, 1.82) is 0 Å². The topological polar surface area (TPSA) is 79.6 Å². The highest BCUT2D eigenvalue weighted by atomic mass is 79.9. The van der Waals surface area contributed by atoms with Crippen LogP contribution in [-0.2, 0) is 11.3 Å². The first kappa shape index (κ1) is 15.4. The largest absolute Gasteiger partial charge is 0.394 e. The fourth-order valence-electron chi connectivity index (χ4n) is 2.06. The second-order valence-electron chi connectivity index (χ2n) is 4.76. The summed E-state index contributed by atoms with van der Waals surface area (Å²) in [6, 6.07) is 0. The first-order valence-electron chi connectivity index (χ1n) is 6.52. The van der Waals surface area contributed by atoms with Crippen molar-refractivity contribution in [3.63, 3.8) is 0 Å². The van der Waals surface area contributed by atoms with Gasteiger partial charge in [0.05, 0.1) is 37.7 Å². The highest BCUT2D eigenvalue weighted by Crippen LogP contribution is 2.16. The van der Waals surface area contributed by atoms with Crippen molar-refractivity contribution in [3.05, 3.63) is 21.0 Å². The minimum atomic E-state index is -0.259. The normalized spacial score (nSPS) is 20.1. The van der Waals surface area contributed by atoms with Crippen molar-refractivity contribution >= 4 is 21.6 Å². The van der Waals surface area contributed by atoms with Gasteiger partial charge in [-0.1, -0.05) is 0 Å². The summed E-state index contributed by atoms with van der Waals surface area (Å²) in [4.78, 5) is 14.2. The van der Waals surface area contributed by atoms with Gasteiger partial charge in [0.15, 0.2) is 0 Å².